The molecule has 2 aromatic rings. The van der Waals surface area contributed by atoms with Gasteiger partial charge >= 0.3 is 6.18 Å². The number of nitrogens with zero attached hydrogens (tertiary/aromatic N) is 2. The summed E-state index contributed by atoms with van der Waals surface area (Å²) in [5.41, 5.74) is -1.58. The number of amides is 1. The van der Waals surface area contributed by atoms with Crippen LogP contribution in [0, 0.1) is 11.6 Å². The van der Waals surface area contributed by atoms with Crippen molar-refractivity contribution in [2.45, 2.75) is 19.1 Å². The van der Waals surface area contributed by atoms with Crippen LogP contribution in [0.3, 0.4) is 0 Å². The van der Waals surface area contributed by atoms with Crippen molar-refractivity contribution >= 4 is 33.2 Å². The van der Waals surface area contributed by atoms with Gasteiger partial charge in [-0.15, -0.1) is 0 Å². The van der Waals surface area contributed by atoms with Crippen LogP contribution < -0.4 is 10.2 Å². The van der Waals surface area contributed by atoms with E-state index in [2.05, 4.69) is 26.1 Å². The number of carbonyl (C=O) groups is 1. The van der Waals surface area contributed by atoms with Crippen LogP contribution in [0.15, 0.2) is 34.8 Å². The minimum absolute atomic E-state index is 0.0545. The standard InChI is InChI=1S/C20H19BrF5N3O/c1-11-10-29(6-5-28(11)2)18-9-16(23)15(21)8-17(18)27-19(30)13-4-3-12(22)7-14(13)20(24,25)26/h3-4,7-9,11H,5-6,10H2,1-2H3,(H,27,30). The van der Waals surface area contributed by atoms with Crippen LogP contribution in [0.2, 0.25) is 0 Å². The minimum Gasteiger partial charge on any atom is -0.367 e. The Morgan fingerprint density at radius 2 is 1.87 bits per heavy atom. The van der Waals surface area contributed by atoms with Gasteiger partial charge in [0.25, 0.3) is 5.91 Å². The maximum Gasteiger partial charge on any atom is 0.417 e. The molecule has 0 bridgehead atoms. The maximum atomic E-state index is 14.2. The molecule has 0 radical (unpaired) electrons. The molecular formula is C20H19BrF5N3O. The third kappa shape index (κ3) is 4.75. The summed E-state index contributed by atoms with van der Waals surface area (Å²) in [4.78, 5) is 16.7. The van der Waals surface area contributed by atoms with Crippen molar-refractivity contribution in [3.8, 4) is 0 Å². The monoisotopic (exact) mass is 491 g/mol. The average Bonchev–Trinajstić information content (AvgIpc) is 2.66. The van der Waals surface area contributed by atoms with Crippen molar-refractivity contribution in [3.05, 3.63) is 57.6 Å². The first-order chi connectivity index (χ1) is 14.0. The number of hydrogen-bond donors (Lipinski definition) is 1. The number of anilines is 2. The summed E-state index contributed by atoms with van der Waals surface area (Å²) in [7, 11) is 1.96. The Labute approximate surface area is 178 Å². The summed E-state index contributed by atoms with van der Waals surface area (Å²) in [5, 5.41) is 2.44. The van der Waals surface area contributed by atoms with E-state index in [9.17, 15) is 26.7 Å². The third-order valence-electron chi connectivity index (χ3n) is 5.12. The summed E-state index contributed by atoms with van der Waals surface area (Å²) in [6.07, 6.45) is -4.91. The van der Waals surface area contributed by atoms with Gasteiger partial charge in [0.15, 0.2) is 0 Å². The quantitative estimate of drug-likeness (QED) is 0.604. The fraction of sp³-hybridized carbons (Fsp3) is 0.350. The van der Waals surface area contributed by atoms with E-state index >= 15 is 0 Å². The normalized spacial score (nSPS) is 17.9. The first kappa shape index (κ1) is 22.5. The van der Waals surface area contributed by atoms with E-state index in [0.29, 0.717) is 25.3 Å². The number of halogens is 6. The second-order valence-corrected chi connectivity index (χ2v) is 8.06. The molecule has 1 aliphatic rings. The molecule has 0 saturated carbocycles. The molecule has 0 aliphatic carbocycles. The van der Waals surface area contributed by atoms with Gasteiger partial charge < -0.3 is 15.1 Å². The molecule has 1 saturated heterocycles. The fourth-order valence-electron chi connectivity index (χ4n) is 3.30. The van der Waals surface area contributed by atoms with E-state index in [1.807, 2.05) is 18.9 Å². The molecule has 30 heavy (non-hydrogen) atoms. The summed E-state index contributed by atoms with van der Waals surface area (Å²) in [5.74, 6) is -2.73. The lowest BCUT2D eigenvalue weighted by atomic mass is 10.1. The van der Waals surface area contributed by atoms with Crippen molar-refractivity contribution in [3.63, 3.8) is 0 Å². The first-order valence-electron chi connectivity index (χ1n) is 9.09. The number of rotatable bonds is 3. The molecule has 1 aliphatic heterocycles. The van der Waals surface area contributed by atoms with Crippen LogP contribution in [-0.4, -0.2) is 43.5 Å². The molecule has 10 heteroatoms. The Balaban J connectivity index is 1.98. The molecule has 1 unspecified atom stereocenters. The van der Waals surface area contributed by atoms with E-state index in [1.54, 1.807) is 0 Å². The van der Waals surface area contributed by atoms with Gasteiger partial charge in [-0.05, 0) is 54.2 Å². The molecule has 1 atom stereocenters. The van der Waals surface area contributed by atoms with Gasteiger partial charge in [0, 0.05) is 31.7 Å². The van der Waals surface area contributed by atoms with Gasteiger partial charge in [-0.1, -0.05) is 0 Å². The van der Waals surface area contributed by atoms with Gasteiger partial charge in [-0.3, -0.25) is 4.79 Å². The zero-order chi connectivity index (χ0) is 22.2. The van der Waals surface area contributed by atoms with Gasteiger partial charge in [0.1, 0.15) is 11.6 Å². The third-order valence-corrected chi connectivity index (χ3v) is 5.73. The van der Waals surface area contributed by atoms with Crippen molar-refractivity contribution in [2.75, 3.05) is 36.9 Å². The molecular weight excluding hydrogens is 473 g/mol. The molecule has 2 aromatic carbocycles. The smallest absolute Gasteiger partial charge is 0.367 e. The summed E-state index contributed by atoms with van der Waals surface area (Å²) >= 11 is 3.04. The van der Waals surface area contributed by atoms with E-state index in [0.717, 1.165) is 12.1 Å². The predicted octanol–water partition coefficient (Wildman–Crippen LogP) is 5.14. The van der Waals surface area contributed by atoms with E-state index < -0.39 is 34.8 Å². The minimum atomic E-state index is -4.91. The Hall–Kier alpha value is -2.20. The highest BCUT2D eigenvalue weighted by molar-refractivity contribution is 9.10. The molecule has 1 N–H and O–H groups in total. The Morgan fingerprint density at radius 1 is 1.17 bits per heavy atom. The molecule has 4 nitrogen and oxygen atoms in total. The Kier molecular flexibility index (Phi) is 6.37. The number of alkyl halides is 3. The van der Waals surface area contributed by atoms with Crippen molar-refractivity contribution in [1.29, 1.82) is 0 Å². The van der Waals surface area contributed by atoms with Crippen LogP contribution in [0.5, 0.6) is 0 Å². The summed E-state index contributed by atoms with van der Waals surface area (Å²) in [6, 6.07) is 4.54. The van der Waals surface area contributed by atoms with Crippen LogP contribution in [0.1, 0.15) is 22.8 Å². The van der Waals surface area contributed by atoms with Crippen molar-refractivity contribution in [2.24, 2.45) is 0 Å². The Bertz CT molecular complexity index is 966. The number of nitrogens with one attached hydrogen (secondary N) is 1. The van der Waals surface area contributed by atoms with E-state index in [4.69, 9.17) is 0 Å². The van der Waals surface area contributed by atoms with Crippen LogP contribution in [-0.2, 0) is 6.18 Å². The first-order valence-corrected chi connectivity index (χ1v) is 9.89. The predicted molar refractivity (Wildman–Crippen MR) is 108 cm³/mol. The molecule has 1 heterocycles. The lowest BCUT2D eigenvalue weighted by Crippen LogP contribution is -2.50. The fourth-order valence-corrected chi connectivity index (χ4v) is 3.65. The van der Waals surface area contributed by atoms with E-state index in [-0.39, 0.29) is 22.3 Å². The van der Waals surface area contributed by atoms with Crippen molar-refractivity contribution in [1.82, 2.24) is 4.90 Å². The second-order valence-electron chi connectivity index (χ2n) is 7.20. The molecule has 1 amide bonds. The number of piperazine rings is 1. The lowest BCUT2D eigenvalue weighted by molar-refractivity contribution is -0.138. The topological polar surface area (TPSA) is 35.6 Å². The van der Waals surface area contributed by atoms with Crippen molar-refractivity contribution < 1.29 is 26.7 Å². The number of benzene rings is 2. The highest BCUT2D eigenvalue weighted by atomic mass is 79.9. The largest absolute Gasteiger partial charge is 0.417 e. The highest BCUT2D eigenvalue weighted by Crippen LogP contribution is 2.36. The SMILES string of the molecule is CC1CN(c2cc(F)c(Br)cc2NC(=O)c2ccc(F)cc2C(F)(F)F)CCN1C. The molecule has 162 valence electrons. The van der Waals surface area contributed by atoms with Crippen LogP contribution in [0.4, 0.5) is 33.3 Å². The van der Waals surface area contributed by atoms with Gasteiger partial charge in [0.2, 0.25) is 0 Å². The number of hydrogen-bond acceptors (Lipinski definition) is 3. The second kappa shape index (κ2) is 8.50. The lowest BCUT2D eigenvalue weighted by Gasteiger charge is -2.39. The highest BCUT2D eigenvalue weighted by Gasteiger charge is 2.36. The molecule has 1 fully saturated rings. The number of likely N-dealkylation sites (N-methyl/N-ethyl adjacent to an activating group) is 1. The zero-order valence-electron chi connectivity index (χ0n) is 16.2. The maximum absolute atomic E-state index is 14.2. The van der Waals surface area contributed by atoms with Gasteiger partial charge in [-0.2, -0.15) is 13.2 Å². The van der Waals surface area contributed by atoms with Crippen LogP contribution >= 0.6 is 15.9 Å². The summed E-state index contributed by atoms with van der Waals surface area (Å²) < 4.78 is 67.5. The average molecular weight is 492 g/mol. The van der Waals surface area contributed by atoms with Gasteiger partial charge in [0.05, 0.1) is 27.0 Å². The Morgan fingerprint density at radius 3 is 2.50 bits per heavy atom. The molecule has 3 rings (SSSR count). The number of carbonyl (C=O) groups excluding carboxylic acids is 1. The zero-order valence-corrected chi connectivity index (χ0v) is 17.7. The molecule has 0 spiro atoms. The molecule has 0 aromatic heterocycles. The van der Waals surface area contributed by atoms with E-state index in [1.165, 1.54) is 12.1 Å². The summed E-state index contributed by atoms with van der Waals surface area (Å²) in [6.45, 7) is 3.79. The van der Waals surface area contributed by atoms with Gasteiger partial charge in [-0.25, -0.2) is 8.78 Å². The van der Waals surface area contributed by atoms with Crippen LogP contribution in [0.25, 0.3) is 0 Å².